The van der Waals surface area contributed by atoms with Crippen LogP contribution in [0.3, 0.4) is 0 Å². The minimum Gasteiger partial charge on any atom is -0.550 e. The van der Waals surface area contributed by atoms with Crippen LogP contribution in [0.15, 0.2) is 39.7 Å². The van der Waals surface area contributed by atoms with E-state index in [1.165, 1.54) is 96.1 Å². The van der Waals surface area contributed by atoms with Gasteiger partial charge in [0.15, 0.2) is 0 Å². The molecule has 1 unspecified atom stereocenters. The van der Waals surface area contributed by atoms with Crippen molar-refractivity contribution < 1.29 is 64.8 Å². The summed E-state index contributed by atoms with van der Waals surface area (Å²) in [7, 11) is 17.5. The lowest BCUT2D eigenvalue weighted by Crippen LogP contribution is -3.05. The Bertz CT molecular complexity index is 2620. The van der Waals surface area contributed by atoms with Gasteiger partial charge in [0.1, 0.15) is 0 Å². The van der Waals surface area contributed by atoms with E-state index in [0.717, 1.165) is 52.9 Å². The van der Waals surface area contributed by atoms with E-state index < -0.39 is 51.1 Å². The van der Waals surface area contributed by atoms with Crippen molar-refractivity contribution in [2.45, 2.75) is 549 Å². The summed E-state index contributed by atoms with van der Waals surface area (Å²) in [5.74, 6) is -4.23. The average Bonchev–Trinajstić information content (AvgIpc) is 0.785. The fraction of sp³-hybridized carbons (Fsp3) is 0.915. The first-order chi connectivity index (χ1) is 54.3. The minimum atomic E-state index is -1.75. The first-order valence-electron chi connectivity index (χ1n) is 44.7. The van der Waals surface area contributed by atoms with Gasteiger partial charge >= 0.3 is 23.0 Å². The molecule has 0 saturated carbocycles. The zero-order chi connectivity index (χ0) is 102. The van der Waals surface area contributed by atoms with Crippen LogP contribution in [-0.4, -0.2) is 182 Å². The maximum absolute atomic E-state index is 12.4. The summed E-state index contributed by atoms with van der Waals surface area (Å²) in [5.41, 5.74) is 2.96. The molecule has 1 aromatic rings. The van der Waals surface area contributed by atoms with E-state index in [1.807, 2.05) is 0 Å². The molecule has 920 valence electrons. The van der Waals surface area contributed by atoms with Gasteiger partial charge in [-0.2, -0.15) is 0 Å². The van der Waals surface area contributed by atoms with Crippen molar-refractivity contribution in [1.29, 1.82) is 0 Å². The maximum Gasteiger partial charge on any atom is 0.336 e. The van der Waals surface area contributed by atoms with Gasteiger partial charge in [-0.25, -0.2) is 28.1 Å². The van der Waals surface area contributed by atoms with Gasteiger partial charge in [-0.1, -0.05) is 438 Å². The molecule has 145 heavy (non-hydrogen) atoms. The SMILES string of the molecule is C.C.C.C.C.C.C.C.C.C.C.C.C.C.C.C.C.C.C.C.C.C.C=CCn1c(=O)n(CC=C)c(=O)n(CCCC(C)(C)C)c1=O.CC(=O)[O-].CC(C)(C)C.CC(C)(C)C.CC(C)(C)C.CC(C)(C)C.CC(C)(C)CCCC(CC(=O)[O-])C(=O)O.CC(C)(C)CCCN(CCO)CCO.CN(C)CCCC(C)(C)C.C[NH+](C)CCCC(C)(C)C.C[NH+](C)CCCC(C)(C)C.C[NH+](C)CCCC(C)(C)C.O=[N+]([O-])[O-].O=[N+]([O-])[O-]. The van der Waals surface area contributed by atoms with Crippen LogP contribution in [0.5, 0.6) is 0 Å². The Balaban J connectivity index is -0.0000000277. The van der Waals surface area contributed by atoms with E-state index in [1.54, 1.807) is 14.7 Å². The molecular weight excluding hydrogens is 1830 g/mol. The monoisotopic (exact) mass is 2130 g/mol. The van der Waals surface area contributed by atoms with Gasteiger partial charge < -0.3 is 85.4 Å². The third-order valence-corrected chi connectivity index (χ3v) is 14.1. The lowest BCUT2D eigenvalue weighted by atomic mass is 9.87. The predicted molar refractivity (Wildman–Crippen MR) is 668 cm³/mol. The number of quaternary nitrogens is 3. The van der Waals surface area contributed by atoms with Crippen LogP contribution in [0.4, 0.5) is 0 Å². The fourth-order valence-corrected chi connectivity index (χ4v) is 8.90. The van der Waals surface area contributed by atoms with E-state index >= 15 is 0 Å². The molecule has 0 fully saturated rings. The number of nitrogens with one attached hydrogen (secondary N) is 3. The number of aliphatic carboxylic acids is 3. The van der Waals surface area contributed by atoms with Crippen molar-refractivity contribution in [2.24, 2.45) is 65.5 Å². The Kier molecular flexibility index (Phi) is 221. The van der Waals surface area contributed by atoms with Gasteiger partial charge in [-0.3, -0.25) is 9.69 Å². The van der Waals surface area contributed by atoms with Crippen LogP contribution in [0.1, 0.15) is 529 Å². The summed E-state index contributed by atoms with van der Waals surface area (Å²) >= 11 is 0. The van der Waals surface area contributed by atoms with Gasteiger partial charge in [0, 0.05) is 38.0 Å². The smallest absolute Gasteiger partial charge is 0.336 e. The molecule has 0 spiro atoms. The summed E-state index contributed by atoms with van der Waals surface area (Å²) in [6, 6.07) is 0. The highest BCUT2D eigenvalue weighted by atomic mass is 16.9. The number of allylic oxidation sites excluding steroid dienone is 2. The van der Waals surface area contributed by atoms with E-state index in [2.05, 4.69) is 336 Å². The summed E-state index contributed by atoms with van der Waals surface area (Å²) < 4.78 is 3.17. The Labute approximate surface area is 918 Å². The lowest BCUT2D eigenvalue weighted by Gasteiger charge is -2.23. The molecular formula is C118H295N10O17-. The largest absolute Gasteiger partial charge is 0.550 e. The van der Waals surface area contributed by atoms with E-state index in [4.69, 9.17) is 55.9 Å². The lowest BCUT2D eigenvalue weighted by molar-refractivity contribution is -0.858. The van der Waals surface area contributed by atoms with Crippen LogP contribution >= 0.6 is 0 Å². The number of aliphatic hydroxyl groups excluding tert-OH is 2. The number of hydrogen-bond donors (Lipinski definition) is 6. The normalized spacial score (nSPS) is 9.97. The molecule has 0 saturated heterocycles. The number of carboxylic acid groups (broad SMARTS) is 3. The second-order valence-electron chi connectivity index (χ2n) is 47.7. The second-order valence-corrected chi connectivity index (χ2v) is 47.7. The van der Waals surface area contributed by atoms with Crippen LogP contribution in [0.2, 0.25) is 0 Å². The maximum atomic E-state index is 12.4. The number of aliphatic hydroxyl groups is 2. The summed E-state index contributed by atoms with van der Waals surface area (Å²) in [6.07, 6.45) is 19.2. The first kappa shape index (κ1) is 245. The summed E-state index contributed by atoms with van der Waals surface area (Å²) in [5, 5.41) is 75.0. The highest BCUT2D eigenvalue weighted by Gasteiger charge is 2.21. The number of aromatic nitrogens is 3. The number of hydrogen-bond acceptors (Lipinski definition) is 18. The number of carbonyl (C=O) groups excluding carboxylic acids is 2. The van der Waals surface area contributed by atoms with Gasteiger partial charge in [-0.15, -0.1) is 13.2 Å². The average molecular weight is 2130 g/mol. The molecule has 1 atom stereocenters. The zero-order valence-electron chi connectivity index (χ0n) is 89.1. The molecule has 1 aromatic heterocycles. The third kappa shape index (κ3) is 337. The molecule has 0 aliphatic carbocycles. The number of rotatable bonds is 32. The van der Waals surface area contributed by atoms with Crippen LogP contribution < -0.4 is 42.0 Å². The topological polar surface area (TPSA) is 376 Å². The molecule has 1 rings (SSSR count). The first-order valence-corrected chi connectivity index (χ1v) is 44.7. The Hall–Kier alpha value is -5.58. The van der Waals surface area contributed by atoms with E-state index in [-0.39, 0.29) is 207 Å². The Morgan fingerprint density at radius 3 is 0.676 bits per heavy atom. The molecule has 0 aromatic carbocycles. The van der Waals surface area contributed by atoms with Crippen molar-refractivity contribution in [3.63, 3.8) is 0 Å². The molecule has 0 aliphatic rings. The van der Waals surface area contributed by atoms with Crippen molar-refractivity contribution in [3.8, 4) is 0 Å². The van der Waals surface area contributed by atoms with Crippen LogP contribution in [-0.2, 0) is 34.0 Å². The summed E-state index contributed by atoms with van der Waals surface area (Å²) in [6.45, 7) is 98.1. The van der Waals surface area contributed by atoms with Crippen molar-refractivity contribution in [1.82, 2.24) is 23.5 Å². The fourth-order valence-electron chi connectivity index (χ4n) is 8.90. The molecule has 6 N–H and O–H groups in total. The number of carbonyl (C=O) groups is 3. The second kappa shape index (κ2) is 131. The minimum absolute atomic E-state index is 0. The number of nitrogens with zero attached hydrogens (tertiary/aromatic N) is 7. The molecule has 27 nitrogen and oxygen atoms in total. The highest BCUT2D eigenvalue weighted by molar-refractivity contribution is 5.76. The standard InChI is InChI=1S/C16H25N3O3.C11H25NO2.C11H20O4.4C9H21N.4C5H12.C2H4O2.22CH4.2NO3/c1-6-10-17-13(20)18(11-7-2)15(22)19(14(17)21)12-8-9-16(3,4)5;1-11(2,3)5-4-6-12(7-9-13)8-10-14;1-11(2,3)6-4-5-8(10(14)15)7-9(12)13;4*1-9(2,3)7-6-8-10(4)5;4*1-5(2,3)4;1-2(3)4;;;;;;;;;;;;;;;;;;;;;;;2*2-1(3)4/h6-7H,1-2,8-12H2,3-5H3;13-14H,4-10H2,1-3H3;8H,4-7H2,1-3H3,(H,12,13)(H,14,15);4*6-8H2,1-5H3;4*1-4H3;1H3,(H,3,4);22*1H4;;/q;;;;;;;;;;;;;;;;;;;;;;;;;;;;;;;;;;2*-1/p+1. The summed E-state index contributed by atoms with van der Waals surface area (Å²) in [4.78, 5) is 92.3. The molecule has 0 bridgehead atoms. The molecule has 0 amide bonds. The molecule has 1 heterocycles. The van der Waals surface area contributed by atoms with E-state index in [0.29, 0.717) is 81.2 Å². The van der Waals surface area contributed by atoms with Gasteiger partial charge in [0.25, 0.3) is 0 Å². The Morgan fingerprint density at radius 1 is 0.345 bits per heavy atom. The van der Waals surface area contributed by atoms with Crippen molar-refractivity contribution in [2.75, 3.05) is 115 Å². The van der Waals surface area contributed by atoms with Crippen LogP contribution in [0.25, 0.3) is 0 Å². The third-order valence-electron chi connectivity index (χ3n) is 14.1. The molecule has 0 radical (unpaired) electrons. The zero-order valence-corrected chi connectivity index (χ0v) is 89.1. The van der Waals surface area contributed by atoms with Crippen LogP contribution in [0, 0.1) is 96.1 Å². The highest BCUT2D eigenvalue weighted by Crippen LogP contribution is 2.26. The quantitative estimate of drug-likeness (QED) is 0.0222. The van der Waals surface area contributed by atoms with Gasteiger partial charge in [0.2, 0.25) is 0 Å². The van der Waals surface area contributed by atoms with E-state index in [9.17, 15) is 29.1 Å². The van der Waals surface area contributed by atoms with Gasteiger partial charge in [0.05, 0.1) is 104 Å². The molecule has 27 heteroatoms. The van der Waals surface area contributed by atoms with Crippen molar-refractivity contribution >= 4 is 17.9 Å². The van der Waals surface area contributed by atoms with Crippen molar-refractivity contribution in [3.05, 3.63) is 87.4 Å². The molecule has 0 aliphatic heterocycles. The predicted octanol–water partition coefficient (Wildman–Crippen LogP) is 29.2. The van der Waals surface area contributed by atoms with Gasteiger partial charge in [-0.05, 0) is 184 Å². The number of carboxylic acids is 3. The Morgan fingerprint density at radius 2 is 0.517 bits per heavy atom.